The Balaban J connectivity index is 1.71. The molecule has 2 unspecified atom stereocenters. The summed E-state index contributed by atoms with van der Waals surface area (Å²) in [7, 11) is -3.45. The lowest BCUT2D eigenvalue weighted by molar-refractivity contribution is 0.299. The standard InChI is InChI=1S/C15H22N2O3S/c18-11-8-12-3-5-13(6-4-12)21(19,20)16-14-7-10-17-9-1-2-15(14)17/h3-6,14-16,18H,1-2,7-11H2. The molecule has 0 aliphatic carbocycles. The average Bonchev–Trinajstić information content (AvgIpc) is 3.05. The Morgan fingerprint density at radius 3 is 2.67 bits per heavy atom. The summed E-state index contributed by atoms with van der Waals surface area (Å²) < 4.78 is 27.8. The van der Waals surface area contributed by atoms with E-state index >= 15 is 0 Å². The van der Waals surface area contributed by atoms with Crippen LogP contribution in [0.3, 0.4) is 0 Å². The van der Waals surface area contributed by atoms with Crippen molar-refractivity contribution in [3.05, 3.63) is 29.8 Å². The first-order chi connectivity index (χ1) is 10.1. The van der Waals surface area contributed by atoms with E-state index in [0.717, 1.165) is 31.5 Å². The number of benzene rings is 1. The van der Waals surface area contributed by atoms with E-state index in [2.05, 4.69) is 9.62 Å². The van der Waals surface area contributed by atoms with Gasteiger partial charge >= 0.3 is 0 Å². The first kappa shape index (κ1) is 15.0. The highest BCUT2D eigenvalue weighted by molar-refractivity contribution is 7.89. The molecule has 0 amide bonds. The zero-order chi connectivity index (χ0) is 14.9. The molecule has 2 saturated heterocycles. The number of hydrogen-bond acceptors (Lipinski definition) is 4. The number of aliphatic hydroxyl groups excluding tert-OH is 1. The van der Waals surface area contributed by atoms with Gasteiger partial charge in [-0.05, 0) is 49.9 Å². The second-order valence-electron chi connectivity index (χ2n) is 5.88. The van der Waals surface area contributed by atoms with Gasteiger partial charge in [-0.15, -0.1) is 0 Å². The number of aliphatic hydroxyl groups is 1. The van der Waals surface area contributed by atoms with Gasteiger partial charge in [0.05, 0.1) is 4.90 Å². The van der Waals surface area contributed by atoms with Crippen molar-refractivity contribution >= 4 is 10.0 Å². The topological polar surface area (TPSA) is 69.6 Å². The van der Waals surface area contributed by atoms with Crippen molar-refractivity contribution in [1.29, 1.82) is 0 Å². The summed E-state index contributed by atoms with van der Waals surface area (Å²) in [5.74, 6) is 0. The van der Waals surface area contributed by atoms with Gasteiger partial charge in [0.25, 0.3) is 0 Å². The molecular weight excluding hydrogens is 288 g/mol. The van der Waals surface area contributed by atoms with Crippen LogP contribution in [-0.4, -0.2) is 50.2 Å². The molecular formula is C15H22N2O3S. The van der Waals surface area contributed by atoms with E-state index in [1.807, 2.05) is 0 Å². The van der Waals surface area contributed by atoms with Gasteiger partial charge in [0.15, 0.2) is 0 Å². The molecule has 2 aliphatic rings. The molecule has 0 bridgehead atoms. The zero-order valence-corrected chi connectivity index (χ0v) is 12.8. The Kier molecular flexibility index (Phi) is 4.31. The molecule has 2 heterocycles. The highest BCUT2D eigenvalue weighted by Gasteiger charge is 2.39. The molecule has 0 radical (unpaired) electrons. The fraction of sp³-hybridized carbons (Fsp3) is 0.600. The molecule has 1 aromatic carbocycles. The summed E-state index contributed by atoms with van der Waals surface area (Å²) in [6, 6.07) is 7.18. The molecule has 21 heavy (non-hydrogen) atoms. The summed E-state index contributed by atoms with van der Waals surface area (Å²) in [5, 5.41) is 8.89. The van der Waals surface area contributed by atoms with Crippen LogP contribution in [0.15, 0.2) is 29.2 Å². The van der Waals surface area contributed by atoms with Crippen LogP contribution in [0.5, 0.6) is 0 Å². The van der Waals surface area contributed by atoms with Crippen molar-refractivity contribution in [2.24, 2.45) is 0 Å². The average molecular weight is 310 g/mol. The van der Waals surface area contributed by atoms with Crippen LogP contribution in [0.2, 0.25) is 0 Å². The van der Waals surface area contributed by atoms with Crippen LogP contribution in [0.4, 0.5) is 0 Å². The number of nitrogens with one attached hydrogen (secondary N) is 1. The number of rotatable bonds is 5. The van der Waals surface area contributed by atoms with Crippen molar-refractivity contribution in [2.45, 2.75) is 42.7 Å². The summed E-state index contributed by atoms with van der Waals surface area (Å²) >= 11 is 0. The van der Waals surface area contributed by atoms with Crippen molar-refractivity contribution in [3.63, 3.8) is 0 Å². The number of nitrogens with zero attached hydrogens (tertiary/aromatic N) is 1. The molecule has 2 fully saturated rings. The van der Waals surface area contributed by atoms with Gasteiger partial charge in [-0.2, -0.15) is 0 Å². The van der Waals surface area contributed by atoms with E-state index in [0.29, 0.717) is 17.4 Å². The van der Waals surface area contributed by atoms with Crippen molar-refractivity contribution in [2.75, 3.05) is 19.7 Å². The molecule has 116 valence electrons. The third-order valence-electron chi connectivity index (χ3n) is 4.55. The number of sulfonamides is 1. The predicted molar refractivity (Wildman–Crippen MR) is 80.6 cm³/mol. The molecule has 3 rings (SSSR count). The quantitative estimate of drug-likeness (QED) is 0.841. The highest BCUT2D eigenvalue weighted by atomic mass is 32.2. The van der Waals surface area contributed by atoms with Gasteiger partial charge in [-0.25, -0.2) is 13.1 Å². The third-order valence-corrected chi connectivity index (χ3v) is 6.05. The Morgan fingerprint density at radius 1 is 1.19 bits per heavy atom. The monoisotopic (exact) mass is 310 g/mol. The van der Waals surface area contributed by atoms with Crippen LogP contribution in [0, 0.1) is 0 Å². The Labute approximate surface area is 126 Å². The fourth-order valence-corrected chi connectivity index (χ4v) is 4.76. The highest BCUT2D eigenvalue weighted by Crippen LogP contribution is 2.29. The maximum atomic E-state index is 12.5. The van der Waals surface area contributed by atoms with Crippen LogP contribution >= 0.6 is 0 Å². The minimum Gasteiger partial charge on any atom is -0.396 e. The van der Waals surface area contributed by atoms with Crippen LogP contribution in [-0.2, 0) is 16.4 Å². The van der Waals surface area contributed by atoms with Gasteiger partial charge in [-0.3, -0.25) is 4.90 Å². The Hall–Kier alpha value is -0.950. The van der Waals surface area contributed by atoms with Crippen LogP contribution < -0.4 is 4.72 Å². The predicted octanol–water partition coefficient (Wildman–Crippen LogP) is 0.736. The molecule has 5 nitrogen and oxygen atoms in total. The Morgan fingerprint density at radius 2 is 1.95 bits per heavy atom. The largest absolute Gasteiger partial charge is 0.396 e. The maximum Gasteiger partial charge on any atom is 0.240 e. The van der Waals surface area contributed by atoms with E-state index in [-0.39, 0.29) is 12.6 Å². The Bertz CT molecular complexity index is 585. The lowest BCUT2D eigenvalue weighted by Gasteiger charge is -2.21. The van der Waals surface area contributed by atoms with Gasteiger partial charge < -0.3 is 5.11 Å². The molecule has 0 spiro atoms. The van der Waals surface area contributed by atoms with Crippen molar-refractivity contribution in [3.8, 4) is 0 Å². The third kappa shape index (κ3) is 3.13. The second-order valence-corrected chi connectivity index (χ2v) is 7.59. The lowest BCUT2D eigenvalue weighted by Crippen LogP contribution is -2.42. The smallest absolute Gasteiger partial charge is 0.240 e. The molecule has 2 N–H and O–H groups in total. The summed E-state index contributed by atoms with van der Waals surface area (Å²) in [6.07, 6.45) is 3.70. The van der Waals surface area contributed by atoms with Crippen LogP contribution in [0.25, 0.3) is 0 Å². The molecule has 0 saturated carbocycles. The fourth-order valence-electron chi connectivity index (χ4n) is 3.45. The summed E-state index contributed by atoms with van der Waals surface area (Å²) in [5.41, 5.74) is 0.944. The van der Waals surface area contributed by atoms with E-state index < -0.39 is 10.0 Å². The summed E-state index contributed by atoms with van der Waals surface area (Å²) in [6.45, 7) is 2.16. The van der Waals surface area contributed by atoms with Crippen molar-refractivity contribution < 1.29 is 13.5 Å². The molecule has 6 heteroatoms. The molecule has 2 aliphatic heterocycles. The van der Waals surface area contributed by atoms with Gasteiger partial charge in [0.1, 0.15) is 0 Å². The minimum atomic E-state index is -3.45. The van der Waals surface area contributed by atoms with E-state index in [9.17, 15) is 8.42 Å². The second kappa shape index (κ2) is 6.04. The molecule has 2 atom stereocenters. The van der Waals surface area contributed by atoms with E-state index in [4.69, 9.17) is 5.11 Å². The van der Waals surface area contributed by atoms with Gasteiger partial charge in [0.2, 0.25) is 10.0 Å². The maximum absolute atomic E-state index is 12.5. The number of fused-ring (bicyclic) bond motifs is 1. The first-order valence-electron chi connectivity index (χ1n) is 7.56. The minimum absolute atomic E-state index is 0.0367. The lowest BCUT2D eigenvalue weighted by atomic mass is 10.1. The van der Waals surface area contributed by atoms with E-state index in [1.165, 1.54) is 6.42 Å². The van der Waals surface area contributed by atoms with Gasteiger partial charge in [0, 0.05) is 25.2 Å². The number of hydrogen-bond donors (Lipinski definition) is 2. The first-order valence-corrected chi connectivity index (χ1v) is 9.05. The summed E-state index contributed by atoms with van der Waals surface area (Å²) in [4.78, 5) is 2.69. The molecule has 1 aromatic rings. The van der Waals surface area contributed by atoms with Crippen LogP contribution in [0.1, 0.15) is 24.8 Å². The van der Waals surface area contributed by atoms with Gasteiger partial charge in [-0.1, -0.05) is 12.1 Å². The SMILES string of the molecule is O=S(=O)(NC1CCN2CCCC12)c1ccc(CCO)cc1. The van der Waals surface area contributed by atoms with Crippen molar-refractivity contribution in [1.82, 2.24) is 9.62 Å². The molecule has 0 aromatic heterocycles. The normalized spacial score (nSPS) is 26.1. The zero-order valence-electron chi connectivity index (χ0n) is 12.0. The van der Waals surface area contributed by atoms with E-state index in [1.54, 1.807) is 24.3 Å².